The van der Waals surface area contributed by atoms with Crippen molar-refractivity contribution in [2.24, 2.45) is 5.73 Å². The smallest absolute Gasteiger partial charge is 0.293 e. The fraction of sp³-hybridized carbons (Fsp3) is 0.286. The highest BCUT2D eigenvalue weighted by Gasteiger charge is 2.34. The first-order valence-electron chi connectivity index (χ1n) is 6.05. The van der Waals surface area contributed by atoms with Crippen molar-refractivity contribution in [3.05, 3.63) is 39.8 Å². The van der Waals surface area contributed by atoms with Gasteiger partial charge in [0, 0.05) is 13.1 Å². The number of benzene rings is 1. The van der Waals surface area contributed by atoms with Crippen molar-refractivity contribution in [2.45, 2.75) is 13.8 Å². The topological polar surface area (TPSA) is 63.4 Å². The Labute approximate surface area is 116 Å². The summed E-state index contributed by atoms with van der Waals surface area (Å²) >= 11 is 0.974. The normalized spacial score (nSPS) is 17.6. The molecule has 2 rings (SSSR count). The molecule has 0 radical (unpaired) electrons. The van der Waals surface area contributed by atoms with Crippen LogP contribution in [0, 0.1) is 13.8 Å². The highest BCUT2D eigenvalue weighted by atomic mass is 32.2. The van der Waals surface area contributed by atoms with Crippen LogP contribution in [0.15, 0.2) is 23.1 Å². The summed E-state index contributed by atoms with van der Waals surface area (Å²) < 4.78 is 0. The maximum atomic E-state index is 12.1. The minimum absolute atomic E-state index is 0.244. The first-order valence-corrected chi connectivity index (χ1v) is 6.87. The summed E-state index contributed by atoms with van der Waals surface area (Å²) in [6, 6.07) is 6.03. The number of rotatable bonds is 3. The Kier molecular flexibility index (Phi) is 4.07. The summed E-state index contributed by atoms with van der Waals surface area (Å²) in [6.07, 6.45) is 1.78. The number of aryl methyl sites for hydroxylation is 2. The van der Waals surface area contributed by atoms with Gasteiger partial charge in [0.05, 0.1) is 4.91 Å². The molecule has 1 aliphatic heterocycles. The summed E-state index contributed by atoms with van der Waals surface area (Å²) in [5.74, 6) is -0.249. The third kappa shape index (κ3) is 2.88. The van der Waals surface area contributed by atoms with Crippen molar-refractivity contribution in [1.82, 2.24) is 4.90 Å². The van der Waals surface area contributed by atoms with Gasteiger partial charge in [-0.1, -0.05) is 23.8 Å². The van der Waals surface area contributed by atoms with Crippen LogP contribution in [0.3, 0.4) is 0 Å². The first kappa shape index (κ1) is 13.8. The molecule has 0 spiro atoms. The number of hydrogen-bond acceptors (Lipinski definition) is 4. The predicted molar refractivity (Wildman–Crippen MR) is 77.6 cm³/mol. The van der Waals surface area contributed by atoms with Gasteiger partial charge in [-0.3, -0.25) is 14.5 Å². The van der Waals surface area contributed by atoms with E-state index < -0.39 is 0 Å². The van der Waals surface area contributed by atoms with E-state index in [-0.39, 0.29) is 24.2 Å². The third-order valence-corrected chi connectivity index (χ3v) is 3.86. The van der Waals surface area contributed by atoms with E-state index in [0.29, 0.717) is 4.91 Å². The lowest BCUT2D eigenvalue weighted by atomic mass is 10.1. The monoisotopic (exact) mass is 276 g/mol. The van der Waals surface area contributed by atoms with Gasteiger partial charge in [0.25, 0.3) is 11.1 Å². The lowest BCUT2D eigenvalue weighted by Crippen LogP contribution is -2.33. The van der Waals surface area contributed by atoms with E-state index in [1.807, 2.05) is 32.0 Å². The zero-order valence-electron chi connectivity index (χ0n) is 11.0. The van der Waals surface area contributed by atoms with E-state index >= 15 is 0 Å². The zero-order valence-corrected chi connectivity index (χ0v) is 11.8. The molecule has 1 saturated heterocycles. The molecule has 1 heterocycles. The minimum atomic E-state index is -0.249. The number of thioether (sulfide) groups is 1. The fourth-order valence-corrected chi connectivity index (χ4v) is 2.73. The Morgan fingerprint density at radius 1 is 1.32 bits per heavy atom. The highest BCUT2D eigenvalue weighted by Crippen LogP contribution is 2.32. The standard InChI is InChI=1S/C14H16N2O2S/c1-9-3-4-10(2)11(7-9)8-12-13(17)16(6-5-15)14(18)19-12/h3-4,7-8H,5-6,15H2,1-2H3. The van der Waals surface area contributed by atoms with Crippen molar-refractivity contribution < 1.29 is 9.59 Å². The molecule has 1 aliphatic rings. The van der Waals surface area contributed by atoms with Crippen LogP contribution in [0.25, 0.3) is 6.08 Å². The molecule has 1 fully saturated rings. The van der Waals surface area contributed by atoms with Gasteiger partial charge >= 0.3 is 0 Å². The molecule has 1 aromatic carbocycles. The molecule has 100 valence electrons. The molecule has 1 aromatic rings. The molecule has 0 aromatic heterocycles. The SMILES string of the molecule is Cc1ccc(C)c(C=C2SC(=O)N(CCN)C2=O)c1. The Hall–Kier alpha value is -1.59. The molecule has 0 saturated carbocycles. The minimum Gasteiger partial charge on any atom is -0.329 e. The molecule has 4 nitrogen and oxygen atoms in total. The van der Waals surface area contributed by atoms with Crippen molar-refractivity contribution in [2.75, 3.05) is 13.1 Å². The number of carbonyl (C=O) groups excluding carboxylic acids is 2. The van der Waals surface area contributed by atoms with E-state index in [1.54, 1.807) is 6.08 Å². The average Bonchev–Trinajstić information content (AvgIpc) is 2.62. The molecule has 2 amide bonds. The summed E-state index contributed by atoms with van der Waals surface area (Å²) in [5.41, 5.74) is 8.57. The number of nitrogens with zero attached hydrogens (tertiary/aromatic N) is 1. The molecule has 5 heteroatoms. The van der Waals surface area contributed by atoms with Crippen LogP contribution in [-0.4, -0.2) is 29.1 Å². The third-order valence-electron chi connectivity index (χ3n) is 2.95. The summed E-state index contributed by atoms with van der Waals surface area (Å²) in [4.78, 5) is 25.4. The zero-order chi connectivity index (χ0) is 14.0. The van der Waals surface area contributed by atoms with E-state index in [0.717, 1.165) is 28.5 Å². The maximum Gasteiger partial charge on any atom is 0.293 e. The van der Waals surface area contributed by atoms with Crippen LogP contribution >= 0.6 is 11.8 Å². The molecular weight excluding hydrogens is 260 g/mol. The van der Waals surface area contributed by atoms with Crippen LogP contribution in [0.5, 0.6) is 0 Å². The maximum absolute atomic E-state index is 12.1. The van der Waals surface area contributed by atoms with Crippen molar-refractivity contribution in [3.8, 4) is 0 Å². The first-order chi connectivity index (χ1) is 9.02. The van der Waals surface area contributed by atoms with Gasteiger partial charge in [-0.25, -0.2) is 0 Å². The predicted octanol–water partition coefficient (Wildman–Crippen LogP) is 2.30. The van der Waals surface area contributed by atoms with Gasteiger partial charge in [0.15, 0.2) is 0 Å². The Bertz CT molecular complexity index is 567. The second kappa shape index (κ2) is 5.59. The van der Waals surface area contributed by atoms with Gasteiger partial charge < -0.3 is 5.73 Å². The van der Waals surface area contributed by atoms with Gasteiger partial charge in [-0.15, -0.1) is 0 Å². The number of imide groups is 1. The lowest BCUT2D eigenvalue weighted by Gasteiger charge is -2.09. The molecule has 0 unspecified atom stereocenters. The van der Waals surface area contributed by atoms with Crippen LogP contribution in [0.4, 0.5) is 4.79 Å². The van der Waals surface area contributed by atoms with E-state index in [4.69, 9.17) is 5.73 Å². The molecule has 0 aliphatic carbocycles. The second-order valence-corrected chi connectivity index (χ2v) is 5.48. The van der Waals surface area contributed by atoms with Crippen LogP contribution < -0.4 is 5.73 Å². The number of amides is 2. The largest absolute Gasteiger partial charge is 0.329 e. The van der Waals surface area contributed by atoms with Crippen molar-refractivity contribution >= 4 is 29.0 Å². The molecular formula is C14H16N2O2S. The fourth-order valence-electron chi connectivity index (χ4n) is 1.88. The van der Waals surface area contributed by atoms with E-state index in [2.05, 4.69) is 0 Å². The molecule has 0 bridgehead atoms. The quantitative estimate of drug-likeness (QED) is 0.860. The molecule has 19 heavy (non-hydrogen) atoms. The Morgan fingerprint density at radius 2 is 2.05 bits per heavy atom. The van der Waals surface area contributed by atoms with Crippen molar-refractivity contribution in [3.63, 3.8) is 0 Å². The highest BCUT2D eigenvalue weighted by molar-refractivity contribution is 8.18. The van der Waals surface area contributed by atoms with Gasteiger partial charge in [-0.05, 0) is 42.8 Å². The average molecular weight is 276 g/mol. The Morgan fingerprint density at radius 3 is 2.74 bits per heavy atom. The summed E-state index contributed by atoms with van der Waals surface area (Å²) in [6.45, 7) is 4.54. The van der Waals surface area contributed by atoms with E-state index in [9.17, 15) is 9.59 Å². The molecule has 0 atom stereocenters. The van der Waals surface area contributed by atoms with Gasteiger partial charge in [0.1, 0.15) is 0 Å². The van der Waals surface area contributed by atoms with E-state index in [1.165, 1.54) is 4.90 Å². The molecule has 2 N–H and O–H groups in total. The van der Waals surface area contributed by atoms with Crippen LogP contribution in [-0.2, 0) is 4.79 Å². The summed E-state index contributed by atoms with van der Waals surface area (Å²) in [7, 11) is 0. The number of carbonyl (C=O) groups is 2. The summed E-state index contributed by atoms with van der Waals surface area (Å²) in [5, 5.41) is -0.244. The van der Waals surface area contributed by atoms with Gasteiger partial charge in [-0.2, -0.15) is 0 Å². The van der Waals surface area contributed by atoms with Crippen LogP contribution in [0.2, 0.25) is 0 Å². The lowest BCUT2D eigenvalue weighted by molar-refractivity contribution is -0.122. The number of nitrogens with two attached hydrogens (primary N) is 1. The number of hydrogen-bond donors (Lipinski definition) is 1. The van der Waals surface area contributed by atoms with Crippen LogP contribution in [0.1, 0.15) is 16.7 Å². The van der Waals surface area contributed by atoms with Crippen molar-refractivity contribution in [1.29, 1.82) is 0 Å². The Balaban J connectivity index is 2.32. The van der Waals surface area contributed by atoms with Gasteiger partial charge in [0.2, 0.25) is 0 Å². The second-order valence-electron chi connectivity index (χ2n) is 4.48.